The highest BCUT2D eigenvalue weighted by Gasteiger charge is 2.39. The summed E-state index contributed by atoms with van der Waals surface area (Å²) < 4.78 is 60.7. The number of likely N-dealkylation sites (tertiary alicyclic amines) is 1. The largest absolute Gasteiger partial charge is 0.480 e. The Kier molecular flexibility index (Phi) is 13.1. The Labute approximate surface area is 304 Å². The Bertz CT molecular complexity index is 1780. The van der Waals surface area contributed by atoms with Gasteiger partial charge in [-0.3, -0.25) is 14.7 Å². The number of piperidine rings is 1. The molecule has 4 heterocycles. The summed E-state index contributed by atoms with van der Waals surface area (Å²) in [6.07, 6.45) is 0.557. The molecule has 0 radical (unpaired) electrons. The molecule has 0 atom stereocenters. The maximum atomic E-state index is 14.4. The van der Waals surface area contributed by atoms with Gasteiger partial charge in [0.25, 0.3) is 0 Å². The number of nitrogens with one attached hydrogen (secondary N) is 1. The van der Waals surface area contributed by atoms with E-state index in [1.54, 1.807) is 36.4 Å². The van der Waals surface area contributed by atoms with Crippen LogP contribution in [-0.2, 0) is 21.3 Å². The molecule has 2 aliphatic rings. The average Bonchev–Trinajstić information content (AvgIpc) is 3.44. The molecule has 2 fully saturated rings. The first-order valence-electron chi connectivity index (χ1n) is 15.4. The molecule has 0 amide bonds. The van der Waals surface area contributed by atoms with Crippen LogP contribution in [-0.4, -0.2) is 88.0 Å². The number of hydrogen-bond donors (Lipinski definition) is 3. The Morgan fingerprint density at radius 1 is 1.04 bits per heavy atom. The molecule has 3 aromatic heterocycles. The standard InChI is InChI=1S/C33H36F4N6O4.3ClH/c1-42(18-31(19-47-2)6-3-7-31)26-15-25(20-12-22(33(35,36)37)14-23(34)13-20)39-30-28(26)40-29(41-30)24-5-4-21(16-38-24)32(46)8-10-43(11-9-32)17-27(44)45;;;/h4-5,12-16,46H,3,6-11,17-19H2,1-2H3,(H,44,45)(H,39,40,41);3*1H. The number of alkyl halides is 3. The van der Waals surface area contributed by atoms with Gasteiger partial charge in [-0.25, -0.2) is 14.4 Å². The number of aromatic nitrogens is 4. The minimum Gasteiger partial charge on any atom is -0.480 e. The van der Waals surface area contributed by atoms with Crippen LogP contribution in [0.25, 0.3) is 33.9 Å². The Morgan fingerprint density at radius 2 is 1.74 bits per heavy atom. The predicted octanol–water partition coefficient (Wildman–Crippen LogP) is 6.73. The van der Waals surface area contributed by atoms with E-state index in [4.69, 9.17) is 9.84 Å². The molecule has 0 spiro atoms. The van der Waals surface area contributed by atoms with Crippen LogP contribution < -0.4 is 4.90 Å². The fourth-order valence-corrected chi connectivity index (χ4v) is 6.73. The van der Waals surface area contributed by atoms with Gasteiger partial charge < -0.3 is 24.8 Å². The first-order chi connectivity index (χ1) is 22.3. The van der Waals surface area contributed by atoms with Crippen LogP contribution in [0.15, 0.2) is 42.6 Å². The zero-order valence-electron chi connectivity index (χ0n) is 27.3. The van der Waals surface area contributed by atoms with Crippen molar-refractivity contribution < 1.29 is 37.3 Å². The highest BCUT2D eigenvalue weighted by molar-refractivity contribution is 5.91. The van der Waals surface area contributed by atoms with Gasteiger partial charge in [-0.05, 0) is 56.0 Å². The summed E-state index contributed by atoms with van der Waals surface area (Å²) in [5.41, 5.74) is 0.213. The Balaban J connectivity index is 0.00000225. The van der Waals surface area contributed by atoms with Crippen molar-refractivity contribution in [3.8, 4) is 22.8 Å². The number of nitrogens with zero attached hydrogens (tertiary/aromatic N) is 5. The first kappa shape index (κ1) is 41.2. The van der Waals surface area contributed by atoms with E-state index in [2.05, 4.69) is 19.9 Å². The maximum Gasteiger partial charge on any atom is 0.416 e. The number of ether oxygens (including phenoxy) is 1. The fourth-order valence-electron chi connectivity index (χ4n) is 6.73. The molecule has 1 aliphatic carbocycles. The van der Waals surface area contributed by atoms with Crippen LogP contribution in [0.4, 0.5) is 23.2 Å². The summed E-state index contributed by atoms with van der Waals surface area (Å²) >= 11 is 0. The van der Waals surface area contributed by atoms with Crippen molar-refractivity contribution in [2.75, 3.05) is 51.8 Å². The molecule has 1 saturated heterocycles. The van der Waals surface area contributed by atoms with Crippen molar-refractivity contribution in [2.45, 2.75) is 43.9 Å². The predicted molar refractivity (Wildman–Crippen MR) is 188 cm³/mol. The average molecular weight is 766 g/mol. The third kappa shape index (κ3) is 8.60. The second kappa shape index (κ2) is 16.0. The number of carboxylic acid groups (broad SMARTS) is 1. The molecule has 0 bridgehead atoms. The van der Waals surface area contributed by atoms with E-state index in [1.807, 2.05) is 11.9 Å². The van der Waals surface area contributed by atoms with Crippen LogP contribution in [0.2, 0.25) is 0 Å². The summed E-state index contributed by atoms with van der Waals surface area (Å²) in [5, 5.41) is 20.4. The monoisotopic (exact) mass is 764 g/mol. The Hall–Kier alpha value is -3.27. The summed E-state index contributed by atoms with van der Waals surface area (Å²) in [6, 6.07) is 7.47. The van der Waals surface area contributed by atoms with Gasteiger partial charge in [0, 0.05) is 56.5 Å². The summed E-state index contributed by atoms with van der Waals surface area (Å²) in [6.45, 7) is 1.95. The minimum absolute atomic E-state index is 0. The van der Waals surface area contributed by atoms with E-state index < -0.39 is 29.1 Å². The first-order valence-corrected chi connectivity index (χ1v) is 15.4. The van der Waals surface area contributed by atoms with E-state index in [1.165, 1.54) is 0 Å². The van der Waals surface area contributed by atoms with Gasteiger partial charge in [-0.1, -0.05) is 12.5 Å². The van der Waals surface area contributed by atoms with Gasteiger partial charge in [0.05, 0.1) is 35.7 Å². The van der Waals surface area contributed by atoms with Crippen molar-refractivity contribution in [2.24, 2.45) is 5.41 Å². The lowest BCUT2D eigenvalue weighted by Gasteiger charge is -2.44. The second-order valence-electron chi connectivity index (χ2n) is 12.8. The van der Waals surface area contributed by atoms with Gasteiger partial charge in [-0.2, -0.15) is 13.2 Å². The van der Waals surface area contributed by atoms with Gasteiger partial charge in [0.1, 0.15) is 17.0 Å². The van der Waals surface area contributed by atoms with Gasteiger partial charge in [-0.15, -0.1) is 37.2 Å². The smallest absolute Gasteiger partial charge is 0.416 e. The fraction of sp³-hybridized carbons (Fsp3) is 0.455. The molecule has 274 valence electrons. The van der Waals surface area contributed by atoms with Crippen LogP contribution in [0.5, 0.6) is 0 Å². The molecule has 3 N–H and O–H groups in total. The van der Waals surface area contributed by atoms with Crippen molar-refractivity contribution >= 4 is 60.0 Å². The number of fused-ring (bicyclic) bond motifs is 1. The van der Waals surface area contributed by atoms with E-state index in [0.29, 0.717) is 73.4 Å². The molecule has 1 saturated carbocycles. The van der Waals surface area contributed by atoms with Crippen molar-refractivity contribution in [3.05, 3.63) is 59.5 Å². The number of rotatable bonds is 10. The minimum atomic E-state index is -4.74. The van der Waals surface area contributed by atoms with Gasteiger partial charge in [0.15, 0.2) is 11.5 Å². The lowest BCUT2D eigenvalue weighted by atomic mass is 9.69. The number of carbonyl (C=O) groups is 1. The number of aliphatic hydroxyl groups is 1. The van der Waals surface area contributed by atoms with Gasteiger partial charge in [0.2, 0.25) is 0 Å². The topological polar surface area (TPSA) is 128 Å². The molecule has 10 nitrogen and oxygen atoms in total. The number of aliphatic carboxylic acids is 1. The van der Waals surface area contributed by atoms with Crippen molar-refractivity contribution in [3.63, 3.8) is 0 Å². The number of carboxylic acids is 1. The third-order valence-electron chi connectivity index (χ3n) is 9.40. The molecule has 17 heteroatoms. The summed E-state index contributed by atoms with van der Waals surface area (Å²) in [7, 11) is 3.54. The molecule has 50 heavy (non-hydrogen) atoms. The van der Waals surface area contributed by atoms with Crippen LogP contribution in [0.1, 0.15) is 43.2 Å². The van der Waals surface area contributed by atoms with E-state index in [0.717, 1.165) is 31.4 Å². The number of pyridine rings is 2. The highest BCUT2D eigenvalue weighted by atomic mass is 35.5. The molecular formula is C33H39Cl3F4N6O4. The number of hydrogen-bond acceptors (Lipinski definition) is 8. The van der Waals surface area contributed by atoms with Crippen molar-refractivity contribution in [1.29, 1.82) is 0 Å². The Morgan fingerprint density at radius 3 is 2.30 bits per heavy atom. The zero-order valence-corrected chi connectivity index (χ0v) is 29.7. The molecule has 4 aromatic rings. The third-order valence-corrected chi connectivity index (χ3v) is 9.40. The number of imidazole rings is 1. The quantitative estimate of drug-likeness (QED) is 0.151. The van der Waals surface area contributed by atoms with E-state index >= 15 is 0 Å². The van der Waals surface area contributed by atoms with Crippen LogP contribution in [0.3, 0.4) is 0 Å². The summed E-state index contributed by atoms with van der Waals surface area (Å²) in [4.78, 5) is 31.9. The molecule has 1 aromatic carbocycles. The zero-order chi connectivity index (χ0) is 33.6. The summed E-state index contributed by atoms with van der Waals surface area (Å²) in [5.74, 6) is -1.58. The number of anilines is 1. The van der Waals surface area contributed by atoms with Gasteiger partial charge >= 0.3 is 12.1 Å². The molecular weight excluding hydrogens is 727 g/mol. The highest BCUT2D eigenvalue weighted by Crippen LogP contribution is 2.43. The number of benzene rings is 1. The number of H-pyrrole nitrogens is 1. The molecule has 1 aliphatic heterocycles. The SMILES string of the molecule is COCC1(CN(C)c2cc(-c3cc(F)cc(C(F)(F)F)c3)nc3nc(-c4ccc(C5(O)CCN(CC(=O)O)CC5)cn4)[nH]c23)CCC1.Cl.Cl.Cl. The maximum absolute atomic E-state index is 14.4. The number of methoxy groups -OCH3 is 1. The molecule has 6 rings (SSSR count). The van der Waals surface area contributed by atoms with Crippen LogP contribution in [0, 0.1) is 11.2 Å². The molecule has 0 unspecified atom stereocenters. The number of halogens is 7. The lowest BCUT2D eigenvalue weighted by molar-refractivity contribution is -0.140. The van der Waals surface area contributed by atoms with Crippen molar-refractivity contribution in [1.82, 2.24) is 24.8 Å². The van der Waals surface area contributed by atoms with E-state index in [9.17, 15) is 27.5 Å². The second-order valence-corrected chi connectivity index (χ2v) is 12.8. The number of aromatic amines is 1. The lowest BCUT2D eigenvalue weighted by Crippen LogP contribution is -2.44. The normalized spacial score (nSPS) is 16.8. The van der Waals surface area contributed by atoms with E-state index in [-0.39, 0.29) is 66.1 Å². The van der Waals surface area contributed by atoms with Crippen LogP contribution >= 0.6 is 37.2 Å².